The maximum absolute atomic E-state index is 5.33. The minimum absolute atomic E-state index is 0.269. The van der Waals surface area contributed by atoms with Gasteiger partial charge in [0, 0.05) is 18.8 Å². The van der Waals surface area contributed by atoms with Crippen LogP contribution in [0, 0.1) is 5.92 Å². The average Bonchev–Trinajstić information content (AvgIpc) is 2.04. The molecule has 0 amide bonds. The molecule has 2 nitrogen and oxygen atoms in total. The van der Waals surface area contributed by atoms with Gasteiger partial charge >= 0.3 is 0 Å². The van der Waals surface area contributed by atoms with Crippen molar-refractivity contribution >= 4 is 0 Å². The van der Waals surface area contributed by atoms with E-state index in [-0.39, 0.29) is 5.54 Å². The zero-order valence-electron chi connectivity index (χ0n) is 9.23. The van der Waals surface area contributed by atoms with Crippen molar-refractivity contribution in [1.29, 1.82) is 0 Å². The van der Waals surface area contributed by atoms with Crippen LogP contribution in [0.1, 0.15) is 40.0 Å². The quantitative estimate of drug-likeness (QED) is 0.727. The third kappa shape index (κ3) is 5.27. The molecule has 0 atom stereocenters. The molecule has 0 radical (unpaired) electrons. The second-order valence-electron chi connectivity index (χ2n) is 5.02. The summed E-state index contributed by atoms with van der Waals surface area (Å²) in [6.07, 6.45) is 3.82. The molecule has 1 saturated heterocycles. The summed E-state index contributed by atoms with van der Waals surface area (Å²) >= 11 is 0. The summed E-state index contributed by atoms with van der Waals surface area (Å²) < 4.78 is 5.33. The normalized spacial score (nSPS) is 20.5. The molecule has 2 heteroatoms. The van der Waals surface area contributed by atoms with Crippen LogP contribution in [0.15, 0.2) is 0 Å². The molecule has 1 fully saturated rings. The molecule has 0 saturated carbocycles. The van der Waals surface area contributed by atoms with Gasteiger partial charge in [0.25, 0.3) is 0 Å². The molecule has 1 heterocycles. The van der Waals surface area contributed by atoms with E-state index in [1.165, 1.54) is 19.3 Å². The summed E-state index contributed by atoms with van der Waals surface area (Å²) in [5.41, 5.74) is 0.269. The summed E-state index contributed by atoms with van der Waals surface area (Å²) in [7, 11) is 0. The Morgan fingerprint density at radius 2 is 1.85 bits per heavy atom. The lowest BCUT2D eigenvalue weighted by molar-refractivity contribution is 0.0635. The van der Waals surface area contributed by atoms with Gasteiger partial charge in [-0.25, -0.2) is 0 Å². The fraction of sp³-hybridized carbons (Fsp3) is 1.00. The molecule has 13 heavy (non-hydrogen) atoms. The first-order valence-electron chi connectivity index (χ1n) is 5.41. The van der Waals surface area contributed by atoms with Crippen molar-refractivity contribution in [1.82, 2.24) is 5.32 Å². The molecule has 0 unspecified atom stereocenters. The van der Waals surface area contributed by atoms with E-state index in [9.17, 15) is 0 Å². The molecule has 0 aromatic heterocycles. The molecule has 1 N–H and O–H groups in total. The Morgan fingerprint density at radius 1 is 1.23 bits per heavy atom. The van der Waals surface area contributed by atoms with E-state index in [4.69, 9.17) is 4.74 Å². The highest BCUT2D eigenvalue weighted by atomic mass is 16.5. The number of ether oxygens (including phenoxy) is 1. The lowest BCUT2D eigenvalue weighted by Crippen LogP contribution is -2.37. The Hall–Kier alpha value is -0.0800. The van der Waals surface area contributed by atoms with Crippen LogP contribution in [0.3, 0.4) is 0 Å². The first kappa shape index (κ1) is 11.0. The third-order valence-electron chi connectivity index (χ3n) is 2.55. The maximum Gasteiger partial charge on any atom is 0.0468 e. The summed E-state index contributed by atoms with van der Waals surface area (Å²) in [6, 6.07) is 0. The van der Waals surface area contributed by atoms with Crippen molar-refractivity contribution in [3.8, 4) is 0 Å². The highest BCUT2D eigenvalue weighted by Crippen LogP contribution is 2.17. The van der Waals surface area contributed by atoms with Crippen molar-refractivity contribution in [2.75, 3.05) is 19.8 Å². The highest BCUT2D eigenvalue weighted by Gasteiger charge is 2.14. The van der Waals surface area contributed by atoms with Gasteiger partial charge < -0.3 is 10.1 Å². The summed E-state index contributed by atoms with van der Waals surface area (Å²) in [5.74, 6) is 0.892. The van der Waals surface area contributed by atoms with Crippen LogP contribution in [-0.4, -0.2) is 25.3 Å². The first-order valence-corrected chi connectivity index (χ1v) is 5.41. The highest BCUT2D eigenvalue weighted by molar-refractivity contribution is 4.72. The molecule has 78 valence electrons. The molecule has 0 aromatic rings. The smallest absolute Gasteiger partial charge is 0.0468 e. The summed E-state index contributed by atoms with van der Waals surface area (Å²) in [4.78, 5) is 0. The fourth-order valence-corrected chi connectivity index (χ4v) is 1.69. The maximum atomic E-state index is 5.33. The monoisotopic (exact) mass is 185 g/mol. The average molecular weight is 185 g/mol. The fourth-order valence-electron chi connectivity index (χ4n) is 1.69. The van der Waals surface area contributed by atoms with E-state index in [1.807, 2.05) is 0 Å². The van der Waals surface area contributed by atoms with Crippen LogP contribution in [0.4, 0.5) is 0 Å². The molecule has 0 spiro atoms. The van der Waals surface area contributed by atoms with E-state index in [0.29, 0.717) is 0 Å². The number of nitrogens with one attached hydrogen (secondary N) is 1. The van der Waals surface area contributed by atoms with Crippen LogP contribution in [0.25, 0.3) is 0 Å². The van der Waals surface area contributed by atoms with Gasteiger partial charge in [0.2, 0.25) is 0 Å². The van der Waals surface area contributed by atoms with E-state index in [2.05, 4.69) is 26.1 Å². The van der Waals surface area contributed by atoms with Gasteiger partial charge in [-0.1, -0.05) is 0 Å². The Bertz CT molecular complexity index is 134. The van der Waals surface area contributed by atoms with Gasteiger partial charge in [0.1, 0.15) is 0 Å². The zero-order chi connectivity index (χ0) is 9.73. The predicted molar refractivity (Wildman–Crippen MR) is 55.9 cm³/mol. The molecule has 0 aromatic carbocycles. The van der Waals surface area contributed by atoms with Crippen molar-refractivity contribution < 1.29 is 4.74 Å². The Kier molecular flexibility index (Phi) is 4.20. The third-order valence-corrected chi connectivity index (χ3v) is 2.55. The lowest BCUT2D eigenvalue weighted by atomic mass is 9.96. The molecule has 1 rings (SSSR count). The predicted octanol–water partition coefficient (Wildman–Crippen LogP) is 2.19. The summed E-state index contributed by atoms with van der Waals surface area (Å²) in [6.45, 7) is 9.75. The summed E-state index contributed by atoms with van der Waals surface area (Å²) in [5, 5.41) is 3.53. The van der Waals surface area contributed by atoms with Crippen LogP contribution >= 0.6 is 0 Å². The Balaban J connectivity index is 2.04. The van der Waals surface area contributed by atoms with E-state index >= 15 is 0 Å². The van der Waals surface area contributed by atoms with Crippen LogP contribution < -0.4 is 5.32 Å². The molecule has 0 bridgehead atoms. The zero-order valence-corrected chi connectivity index (χ0v) is 9.23. The van der Waals surface area contributed by atoms with Crippen LogP contribution in [-0.2, 0) is 4.74 Å². The van der Waals surface area contributed by atoms with Gasteiger partial charge in [-0.15, -0.1) is 0 Å². The van der Waals surface area contributed by atoms with Gasteiger partial charge in [-0.2, -0.15) is 0 Å². The van der Waals surface area contributed by atoms with Gasteiger partial charge in [-0.05, 0) is 52.5 Å². The number of hydrogen-bond acceptors (Lipinski definition) is 2. The second-order valence-corrected chi connectivity index (χ2v) is 5.02. The van der Waals surface area contributed by atoms with Crippen molar-refractivity contribution in [2.45, 2.75) is 45.6 Å². The van der Waals surface area contributed by atoms with E-state index < -0.39 is 0 Å². The first-order chi connectivity index (χ1) is 6.08. The van der Waals surface area contributed by atoms with Gasteiger partial charge in [0.05, 0.1) is 0 Å². The topological polar surface area (TPSA) is 21.3 Å². The molecular formula is C11H23NO. The minimum Gasteiger partial charge on any atom is -0.381 e. The van der Waals surface area contributed by atoms with Crippen molar-refractivity contribution in [3.05, 3.63) is 0 Å². The lowest BCUT2D eigenvalue weighted by Gasteiger charge is -2.25. The molecule has 1 aliphatic rings. The Morgan fingerprint density at radius 3 is 2.38 bits per heavy atom. The van der Waals surface area contributed by atoms with E-state index in [0.717, 1.165) is 25.7 Å². The minimum atomic E-state index is 0.269. The second kappa shape index (κ2) is 4.97. The van der Waals surface area contributed by atoms with Gasteiger partial charge in [-0.3, -0.25) is 0 Å². The largest absolute Gasteiger partial charge is 0.381 e. The van der Waals surface area contributed by atoms with Crippen molar-refractivity contribution in [2.24, 2.45) is 5.92 Å². The van der Waals surface area contributed by atoms with Crippen molar-refractivity contribution in [3.63, 3.8) is 0 Å². The molecule has 0 aliphatic carbocycles. The SMILES string of the molecule is CC(C)(C)NCCC1CCOCC1. The van der Waals surface area contributed by atoms with Crippen LogP contribution in [0.2, 0.25) is 0 Å². The van der Waals surface area contributed by atoms with E-state index in [1.54, 1.807) is 0 Å². The standard InChI is InChI=1S/C11H23NO/c1-11(2,3)12-7-4-10-5-8-13-9-6-10/h10,12H,4-9H2,1-3H3. The molecule has 1 aliphatic heterocycles. The molecular weight excluding hydrogens is 162 g/mol. The number of rotatable bonds is 3. The number of hydrogen-bond donors (Lipinski definition) is 1. The Labute approximate surface area is 82.0 Å². The van der Waals surface area contributed by atoms with Gasteiger partial charge in [0.15, 0.2) is 0 Å². The van der Waals surface area contributed by atoms with Crippen LogP contribution in [0.5, 0.6) is 0 Å².